The van der Waals surface area contributed by atoms with Crippen LogP contribution in [0.15, 0.2) is 22.8 Å². The van der Waals surface area contributed by atoms with Gasteiger partial charge in [-0.3, -0.25) is 0 Å². The van der Waals surface area contributed by atoms with E-state index in [-0.39, 0.29) is 18.6 Å². The van der Waals surface area contributed by atoms with Crippen LogP contribution in [-0.4, -0.2) is 17.8 Å². The van der Waals surface area contributed by atoms with Gasteiger partial charge in [0.15, 0.2) is 0 Å². The molecule has 0 saturated carbocycles. The molecule has 3 nitrogen and oxygen atoms in total. The van der Waals surface area contributed by atoms with Gasteiger partial charge in [-0.25, -0.2) is 0 Å². The van der Waals surface area contributed by atoms with Crippen molar-refractivity contribution < 1.29 is 9.52 Å². The lowest BCUT2D eigenvalue weighted by Crippen LogP contribution is -2.28. The summed E-state index contributed by atoms with van der Waals surface area (Å²) >= 11 is 0. The van der Waals surface area contributed by atoms with Crippen LogP contribution in [0.3, 0.4) is 0 Å². The molecule has 74 valence electrons. The van der Waals surface area contributed by atoms with Crippen LogP contribution in [0, 0.1) is 0 Å². The van der Waals surface area contributed by atoms with Gasteiger partial charge >= 0.3 is 0 Å². The van der Waals surface area contributed by atoms with Crippen molar-refractivity contribution in [3.8, 4) is 0 Å². The third kappa shape index (κ3) is 2.57. The zero-order valence-corrected chi connectivity index (χ0v) is 7.94. The highest BCUT2D eigenvalue weighted by Crippen LogP contribution is 2.23. The van der Waals surface area contributed by atoms with Crippen LogP contribution in [0.5, 0.6) is 0 Å². The number of aliphatic hydroxyl groups excluding tert-OH is 1. The summed E-state index contributed by atoms with van der Waals surface area (Å²) in [6.07, 6.45) is 3.20. The summed E-state index contributed by atoms with van der Waals surface area (Å²) < 4.78 is 5.28. The van der Waals surface area contributed by atoms with E-state index < -0.39 is 0 Å². The van der Waals surface area contributed by atoms with E-state index in [9.17, 15) is 0 Å². The van der Waals surface area contributed by atoms with Gasteiger partial charge in [0.25, 0.3) is 0 Å². The van der Waals surface area contributed by atoms with Gasteiger partial charge < -0.3 is 15.3 Å². The SMILES string of the molecule is CCC(N)C(CCO)c1ccco1. The highest BCUT2D eigenvalue weighted by atomic mass is 16.3. The van der Waals surface area contributed by atoms with Crippen molar-refractivity contribution in [2.24, 2.45) is 5.73 Å². The van der Waals surface area contributed by atoms with Crippen molar-refractivity contribution in [1.82, 2.24) is 0 Å². The Morgan fingerprint density at radius 1 is 1.62 bits per heavy atom. The summed E-state index contributed by atoms with van der Waals surface area (Å²) in [6.45, 7) is 2.19. The number of rotatable bonds is 5. The summed E-state index contributed by atoms with van der Waals surface area (Å²) in [5.74, 6) is 1.02. The molecule has 1 aromatic rings. The minimum absolute atomic E-state index is 0.0679. The summed E-state index contributed by atoms with van der Waals surface area (Å²) in [7, 11) is 0. The maximum absolute atomic E-state index is 8.88. The molecular formula is C10H17NO2. The van der Waals surface area contributed by atoms with Gasteiger partial charge in [-0.05, 0) is 25.0 Å². The van der Waals surface area contributed by atoms with Crippen molar-refractivity contribution in [3.05, 3.63) is 24.2 Å². The fourth-order valence-corrected chi connectivity index (χ4v) is 1.49. The molecular weight excluding hydrogens is 166 g/mol. The highest BCUT2D eigenvalue weighted by molar-refractivity contribution is 5.08. The first kappa shape index (κ1) is 10.3. The monoisotopic (exact) mass is 183 g/mol. The molecule has 13 heavy (non-hydrogen) atoms. The lowest BCUT2D eigenvalue weighted by atomic mass is 9.93. The van der Waals surface area contributed by atoms with E-state index >= 15 is 0 Å². The van der Waals surface area contributed by atoms with Gasteiger partial charge in [0.05, 0.1) is 6.26 Å². The van der Waals surface area contributed by atoms with Gasteiger partial charge in [-0.15, -0.1) is 0 Å². The van der Waals surface area contributed by atoms with Crippen LogP contribution in [0.2, 0.25) is 0 Å². The van der Waals surface area contributed by atoms with Crippen molar-refractivity contribution in [1.29, 1.82) is 0 Å². The number of hydrogen-bond donors (Lipinski definition) is 2. The van der Waals surface area contributed by atoms with E-state index in [2.05, 4.69) is 0 Å². The van der Waals surface area contributed by atoms with Gasteiger partial charge in [-0.2, -0.15) is 0 Å². The number of nitrogens with two attached hydrogens (primary N) is 1. The molecule has 0 aliphatic rings. The average molecular weight is 183 g/mol. The largest absolute Gasteiger partial charge is 0.469 e. The van der Waals surface area contributed by atoms with E-state index in [1.807, 2.05) is 19.1 Å². The Balaban J connectivity index is 2.68. The summed E-state index contributed by atoms with van der Waals surface area (Å²) in [6, 6.07) is 3.83. The smallest absolute Gasteiger partial charge is 0.108 e. The lowest BCUT2D eigenvalue weighted by molar-refractivity contribution is 0.255. The Hall–Kier alpha value is -0.800. The molecule has 0 amide bonds. The molecule has 3 N–H and O–H groups in total. The Morgan fingerprint density at radius 3 is 2.85 bits per heavy atom. The predicted octanol–water partition coefficient (Wildman–Crippen LogP) is 1.48. The Labute approximate surface area is 78.5 Å². The van der Waals surface area contributed by atoms with Gasteiger partial charge in [0, 0.05) is 18.6 Å². The molecule has 0 aromatic carbocycles. The minimum Gasteiger partial charge on any atom is -0.469 e. The number of hydrogen-bond acceptors (Lipinski definition) is 3. The molecule has 0 saturated heterocycles. The maximum Gasteiger partial charge on any atom is 0.108 e. The standard InChI is InChI=1S/C10H17NO2/c1-2-9(11)8(5-6-12)10-4-3-7-13-10/h3-4,7-9,12H,2,5-6,11H2,1H3. The first-order valence-electron chi connectivity index (χ1n) is 4.69. The molecule has 0 spiro atoms. The van der Waals surface area contributed by atoms with Gasteiger partial charge in [-0.1, -0.05) is 6.92 Å². The van der Waals surface area contributed by atoms with Crippen LogP contribution >= 0.6 is 0 Å². The lowest BCUT2D eigenvalue weighted by Gasteiger charge is -2.19. The normalized spacial score (nSPS) is 15.6. The summed E-state index contributed by atoms with van der Waals surface area (Å²) in [4.78, 5) is 0. The molecule has 2 unspecified atom stereocenters. The van der Waals surface area contributed by atoms with Crippen LogP contribution < -0.4 is 5.73 Å². The predicted molar refractivity (Wildman–Crippen MR) is 51.4 cm³/mol. The van der Waals surface area contributed by atoms with Crippen LogP contribution in [0.1, 0.15) is 31.4 Å². The topological polar surface area (TPSA) is 59.4 Å². The second-order valence-corrected chi connectivity index (χ2v) is 3.21. The molecule has 0 bridgehead atoms. The van der Waals surface area contributed by atoms with Crippen molar-refractivity contribution in [2.45, 2.75) is 31.7 Å². The first-order valence-corrected chi connectivity index (χ1v) is 4.69. The molecule has 0 radical (unpaired) electrons. The van der Waals surface area contributed by atoms with E-state index in [0.717, 1.165) is 12.2 Å². The second-order valence-electron chi connectivity index (χ2n) is 3.21. The fourth-order valence-electron chi connectivity index (χ4n) is 1.49. The molecule has 0 aliphatic carbocycles. The molecule has 1 aromatic heterocycles. The first-order chi connectivity index (χ1) is 6.29. The van der Waals surface area contributed by atoms with E-state index in [1.165, 1.54) is 0 Å². The third-order valence-corrected chi connectivity index (χ3v) is 2.34. The highest BCUT2D eigenvalue weighted by Gasteiger charge is 2.19. The van der Waals surface area contributed by atoms with Crippen LogP contribution in [-0.2, 0) is 0 Å². The third-order valence-electron chi connectivity index (χ3n) is 2.34. The number of furan rings is 1. The van der Waals surface area contributed by atoms with Crippen molar-refractivity contribution in [2.75, 3.05) is 6.61 Å². The molecule has 1 rings (SSSR count). The van der Waals surface area contributed by atoms with E-state index in [0.29, 0.717) is 6.42 Å². The Kier molecular flexibility index (Phi) is 3.99. The number of aliphatic hydroxyl groups is 1. The Morgan fingerprint density at radius 2 is 2.38 bits per heavy atom. The summed E-state index contributed by atoms with van der Waals surface area (Å²) in [5, 5.41) is 8.88. The van der Waals surface area contributed by atoms with Gasteiger partial charge in [0.1, 0.15) is 5.76 Å². The van der Waals surface area contributed by atoms with Crippen LogP contribution in [0.25, 0.3) is 0 Å². The van der Waals surface area contributed by atoms with Crippen LogP contribution in [0.4, 0.5) is 0 Å². The molecule has 0 fully saturated rings. The zero-order chi connectivity index (χ0) is 9.68. The maximum atomic E-state index is 8.88. The molecule has 1 heterocycles. The Bertz CT molecular complexity index is 221. The average Bonchev–Trinajstić information content (AvgIpc) is 2.65. The molecule has 2 atom stereocenters. The quantitative estimate of drug-likeness (QED) is 0.727. The minimum atomic E-state index is 0.0679. The fraction of sp³-hybridized carbons (Fsp3) is 0.600. The van der Waals surface area contributed by atoms with Crippen molar-refractivity contribution in [3.63, 3.8) is 0 Å². The molecule has 0 aliphatic heterocycles. The second kappa shape index (κ2) is 5.04. The van der Waals surface area contributed by atoms with Crippen molar-refractivity contribution >= 4 is 0 Å². The van der Waals surface area contributed by atoms with E-state index in [4.69, 9.17) is 15.3 Å². The van der Waals surface area contributed by atoms with E-state index in [1.54, 1.807) is 6.26 Å². The zero-order valence-electron chi connectivity index (χ0n) is 7.94. The summed E-state index contributed by atoms with van der Waals surface area (Å²) in [5.41, 5.74) is 5.92. The molecule has 3 heteroatoms. The van der Waals surface area contributed by atoms with Gasteiger partial charge in [0.2, 0.25) is 0 Å².